The summed E-state index contributed by atoms with van der Waals surface area (Å²) in [6, 6.07) is 7.88. The van der Waals surface area contributed by atoms with Gasteiger partial charge in [-0.2, -0.15) is 0 Å². The lowest BCUT2D eigenvalue weighted by Crippen LogP contribution is -2.07. The number of benzene rings is 2. The Kier molecular flexibility index (Phi) is 4.32. The van der Waals surface area contributed by atoms with Gasteiger partial charge in [0, 0.05) is 15.9 Å². The Balaban J connectivity index is 2.28. The van der Waals surface area contributed by atoms with E-state index in [2.05, 4.69) is 15.9 Å². The lowest BCUT2D eigenvalue weighted by atomic mass is 10.0. The van der Waals surface area contributed by atoms with Crippen molar-refractivity contribution in [1.82, 2.24) is 0 Å². The van der Waals surface area contributed by atoms with Crippen LogP contribution in [0.3, 0.4) is 0 Å². The van der Waals surface area contributed by atoms with E-state index in [-0.39, 0.29) is 17.0 Å². The van der Waals surface area contributed by atoms with Gasteiger partial charge in [-0.25, -0.2) is 8.78 Å². The van der Waals surface area contributed by atoms with Crippen molar-refractivity contribution in [1.29, 1.82) is 0 Å². The van der Waals surface area contributed by atoms with Gasteiger partial charge in [0.2, 0.25) is 0 Å². The van der Waals surface area contributed by atoms with E-state index in [1.807, 2.05) is 0 Å². The number of Topliss-reactive ketones (excluding diaryl/α,β-unsaturated/α-hetero) is 1. The molecule has 19 heavy (non-hydrogen) atoms. The second-order valence-corrected chi connectivity index (χ2v) is 5.25. The summed E-state index contributed by atoms with van der Waals surface area (Å²) in [7, 11) is 0. The summed E-state index contributed by atoms with van der Waals surface area (Å²) < 4.78 is 27.3. The lowest BCUT2D eigenvalue weighted by Gasteiger charge is -2.05. The Morgan fingerprint density at radius 2 is 1.89 bits per heavy atom. The van der Waals surface area contributed by atoms with Crippen LogP contribution < -0.4 is 0 Å². The van der Waals surface area contributed by atoms with Crippen LogP contribution >= 0.6 is 27.5 Å². The molecule has 0 N–H and O–H groups in total. The summed E-state index contributed by atoms with van der Waals surface area (Å²) in [6.07, 6.45) is -0.0864. The molecule has 5 heteroatoms. The zero-order chi connectivity index (χ0) is 14.0. The first kappa shape index (κ1) is 14.2. The summed E-state index contributed by atoms with van der Waals surface area (Å²) >= 11 is 8.85. The molecule has 0 saturated heterocycles. The lowest BCUT2D eigenvalue weighted by molar-refractivity contribution is 0.0989. The first-order chi connectivity index (χ1) is 8.97. The Morgan fingerprint density at radius 1 is 1.16 bits per heavy atom. The van der Waals surface area contributed by atoms with E-state index in [4.69, 9.17) is 11.6 Å². The second-order valence-electron chi connectivity index (χ2n) is 3.96. The number of carbonyl (C=O) groups excluding carboxylic acids is 1. The van der Waals surface area contributed by atoms with Crippen LogP contribution in [0, 0.1) is 11.6 Å². The Hall–Kier alpha value is -1.26. The SMILES string of the molecule is O=C(Cc1cc(F)ccc1Br)c1ccc(Cl)cc1F. The summed E-state index contributed by atoms with van der Waals surface area (Å²) in [5.74, 6) is -1.55. The molecule has 0 aliphatic carbocycles. The van der Waals surface area contributed by atoms with Crippen molar-refractivity contribution in [3.05, 3.63) is 68.7 Å². The van der Waals surface area contributed by atoms with Crippen LogP contribution in [-0.2, 0) is 6.42 Å². The van der Waals surface area contributed by atoms with E-state index < -0.39 is 17.4 Å². The number of hydrogen-bond acceptors (Lipinski definition) is 1. The maximum atomic E-state index is 13.6. The third-order valence-electron chi connectivity index (χ3n) is 2.59. The van der Waals surface area contributed by atoms with Gasteiger partial charge < -0.3 is 0 Å². The average Bonchev–Trinajstić information content (AvgIpc) is 2.33. The number of halogens is 4. The molecule has 0 fully saturated rings. The quantitative estimate of drug-likeness (QED) is 0.730. The van der Waals surface area contributed by atoms with Crippen LogP contribution in [0.4, 0.5) is 8.78 Å². The highest BCUT2D eigenvalue weighted by atomic mass is 79.9. The second kappa shape index (κ2) is 5.80. The van der Waals surface area contributed by atoms with Crippen molar-refractivity contribution in [2.45, 2.75) is 6.42 Å². The molecule has 2 aromatic rings. The molecule has 1 nitrogen and oxygen atoms in total. The molecular weight excluding hydrogens is 338 g/mol. The minimum atomic E-state index is -0.676. The van der Waals surface area contributed by atoms with Crippen LogP contribution in [-0.4, -0.2) is 5.78 Å². The van der Waals surface area contributed by atoms with Crippen LogP contribution in [0.25, 0.3) is 0 Å². The number of rotatable bonds is 3. The van der Waals surface area contributed by atoms with Gasteiger partial charge in [0.25, 0.3) is 0 Å². The van der Waals surface area contributed by atoms with Gasteiger partial charge >= 0.3 is 0 Å². The molecule has 0 aliphatic heterocycles. The van der Waals surface area contributed by atoms with E-state index in [1.165, 1.54) is 30.3 Å². The van der Waals surface area contributed by atoms with Gasteiger partial charge in [0.15, 0.2) is 5.78 Å². The molecule has 0 heterocycles. The maximum Gasteiger partial charge on any atom is 0.170 e. The van der Waals surface area contributed by atoms with Crippen LogP contribution in [0.15, 0.2) is 40.9 Å². The largest absolute Gasteiger partial charge is 0.294 e. The molecule has 0 radical (unpaired) electrons. The predicted octanol–water partition coefficient (Wildman–Crippen LogP) is 4.81. The molecule has 0 amide bonds. The molecule has 2 rings (SSSR count). The van der Waals surface area contributed by atoms with Gasteiger partial charge in [-0.15, -0.1) is 0 Å². The van der Waals surface area contributed by atoms with Crippen molar-refractivity contribution >= 4 is 33.3 Å². The van der Waals surface area contributed by atoms with E-state index in [0.29, 0.717) is 10.0 Å². The normalized spacial score (nSPS) is 10.5. The van der Waals surface area contributed by atoms with Crippen molar-refractivity contribution in [2.24, 2.45) is 0 Å². The van der Waals surface area contributed by atoms with Crippen LogP contribution in [0.5, 0.6) is 0 Å². The summed E-state index contributed by atoms with van der Waals surface area (Å²) in [4.78, 5) is 12.0. The Bertz CT molecular complexity index is 643. The van der Waals surface area contributed by atoms with Gasteiger partial charge in [-0.05, 0) is 42.0 Å². The monoisotopic (exact) mass is 344 g/mol. The molecule has 0 aliphatic rings. The van der Waals surface area contributed by atoms with Crippen LogP contribution in [0.1, 0.15) is 15.9 Å². The molecule has 0 bridgehead atoms. The number of carbonyl (C=O) groups is 1. The fourth-order valence-corrected chi connectivity index (χ4v) is 2.21. The summed E-state index contributed by atoms with van der Waals surface area (Å²) in [5.41, 5.74) is 0.417. The molecule has 0 saturated carbocycles. The summed E-state index contributed by atoms with van der Waals surface area (Å²) in [5, 5.41) is 0.223. The fourth-order valence-electron chi connectivity index (χ4n) is 1.66. The number of ketones is 1. The third-order valence-corrected chi connectivity index (χ3v) is 3.60. The highest BCUT2D eigenvalue weighted by Crippen LogP contribution is 2.21. The highest BCUT2D eigenvalue weighted by molar-refractivity contribution is 9.10. The summed E-state index contributed by atoms with van der Waals surface area (Å²) in [6.45, 7) is 0. The molecule has 2 aromatic carbocycles. The first-order valence-electron chi connectivity index (χ1n) is 5.39. The van der Waals surface area contributed by atoms with Gasteiger partial charge in [-0.1, -0.05) is 27.5 Å². The van der Waals surface area contributed by atoms with Crippen molar-refractivity contribution in [2.75, 3.05) is 0 Å². The smallest absolute Gasteiger partial charge is 0.170 e. The molecular formula is C14H8BrClF2O. The molecule has 0 aromatic heterocycles. The van der Waals surface area contributed by atoms with Gasteiger partial charge in [-0.3, -0.25) is 4.79 Å². The zero-order valence-corrected chi connectivity index (χ0v) is 11.9. The standard InChI is InChI=1S/C14H8BrClF2O/c15-12-4-2-10(17)5-8(12)6-14(19)11-3-1-9(16)7-13(11)18/h1-5,7H,6H2. The van der Waals surface area contributed by atoms with Gasteiger partial charge in [0.05, 0.1) is 5.56 Å². The van der Waals surface area contributed by atoms with E-state index >= 15 is 0 Å². The topological polar surface area (TPSA) is 17.1 Å². The minimum Gasteiger partial charge on any atom is -0.294 e. The number of hydrogen-bond donors (Lipinski definition) is 0. The van der Waals surface area contributed by atoms with Gasteiger partial charge in [0.1, 0.15) is 11.6 Å². The van der Waals surface area contributed by atoms with Crippen LogP contribution in [0.2, 0.25) is 5.02 Å². The molecule has 0 spiro atoms. The van der Waals surface area contributed by atoms with E-state index in [9.17, 15) is 13.6 Å². The molecule has 0 atom stereocenters. The minimum absolute atomic E-state index is 0.0550. The fraction of sp³-hybridized carbons (Fsp3) is 0.0714. The Labute approximate surface area is 122 Å². The maximum absolute atomic E-state index is 13.6. The Morgan fingerprint density at radius 3 is 2.58 bits per heavy atom. The first-order valence-corrected chi connectivity index (χ1v) is 6.56. The molecule has 0 unspecified atom stereocenters. The third kappa shape index (κ3) is 3.39. The van der Waals surface area contributed by atoms with E-state index in [0.717, 1.165) is 6.07 Å². The zero-order valence-electron chi connectivity index (χ0n) is 9.59. The van der Waals surface area contributed by atoms with Crippen molar-refractivity contribution in [3.8, 4) is 0 Å². The highest BCUT2D eigenvalue weighted by Gasteiger charge is 2.14. The molecule has 98 valence electrons. The van der Waals surface area contributed by atoms with E-state index in [1.54, 1.807) is 0 Å². The van der Waals surface area contributed by atoms with Crippen molar-refractivity contribution < 1.29 is 13.6 Å². The van der Waals surface area contributed by atoms with Crippen molar-refractivity contribution in [3.63, 3.8) is 0 Å². The average molecular weight is 346 g/mol. The predicted molar refractivity (Wildman–Crippen MR) is 73.5 cm³/mol.